The van der Waals surface area contributed by atoms with Crippen LogP contribution in [0.3, 0.4) is 0 Å². The molecule has 0 unspecified atom stereocenters. The van der Waals surface area contributed by atoms with Crippen molar-refractivity contribution in [1.82, 2.24) is 14.8 Å². The van der Waals surface area contributed by atoms with E-state index >= 15 is 0 Å². The minimum absolute atomic E-state index is 0.0490. The number of thiazole rings is 1. The van der Waals surface area contributed by atoms with Crippen LogP contribution in [0.15, 0.2) is 30.6 Å². The highest BCUT2D eigenvalue weighted by Crippen LogP contribution is 2.23. The molecule has 0 atom stereocenters. The first-order valence-electron chi connectivity index (χ1n) is 5.68. The first kappa shape index (κ1) is 12.5. The van der Waals surface area contributed by atoms with Crippen molar-refractivity contribution in [3.63, 3.8) is 0 Å². The van der Waals surface area contributed by atoms with Gasteiger partial charge in [-0.2, -0.15) is 5.10 Å². The Hall–Kier alpha value is -2.52. The summed E-state index contributed by atoms with van der Waals surface area (Å²) in [5.41, 5.74) is 3.24. The van der Waals surface area contributed by atoms with E-state index in [1.165, 1.54) is 23.5 Å². The number of nitrogens with zero attached hydrogens (tertiary/aromatic N) is 4. The quantitative estimate of drug-likeness (QED) is 0.430. The molecule has 0 radical (unpaired) electrons. The SMILES string of the molecule is NNc1ncc(Cn2ncc3ccc([N+](=O)[O-])cc32)s1. The van der Waals surface area contributed by atoms with Gasteiger partial charge >= 0.3 is 0 Å². The molecule has 0 spiro atoms. The maximum atomic E-state index is 10.8. The Morgan fingerprint density at radius 3 is 3.00 bits per heavy atom. The lowest BCUT2D eigenvalue weighted by atomic mass is 10.2. The molecule has 0 aliphatic carbocycles. The van der Waals surface area contributed by atoms with Gasteiger partial charge in [0.05, 0.1) is 23.2 Å². The number of anilines is 1. The second kappa shape index (κ2) is 4.87. The van der Waals surface area contributed by atoms with E-state index < -0.39 is 4.92 Å². The van der Waals surface area contributed by atoms with Gasteiger partial charge in [0.2, 0.25) is 0 Å². The first-order valence-corrected chi connectivity index (χ1v) is 6.50. The maximum Gasteiger partial charge on any atom is 0.271 e. The molecule has 0 amide bonds. The van der Waals surface area contributed by atoms with Crippen molar-refractivity contribution in [2.24, 2.45) is 5.84 Å². The molecular formula is C11H10N6O2S. The molecule has 1 aromatic carbocycles. The maximum absolute atomic E-state index is 10.8. The third-order valence-corrected chi connectivity index (χ3v) is 3.74. The summed E-state index contributed by atoms with van der Waals surface area (Å²) in [6.07, 6.45) is 3.38. The first-order chi connectivity index (χ1) is 9.67. The molecule has 0 bridgehead atoms. The van der Waals surface area contributed by atoms with E-state index in [9.17, 15) is 10.1 Å². The molecule has 0 saturated heterocycles. The van der Waals surface area contributed by atoms with Crippen molar-refractivity contribution < 1.29 is 4.92 Å². The van der Waals surface area contributed by atoms with Gasteiger partial charge in [-0.15, -0.1) is 0 Å². The van der Waals surface area contributed by atoms with Crippen LogP contribution in [0.25, 0.3) is 10.9 Å². The molecule has 2 aromatic heterocycles. The number of benzene rings is 1. The summed E-state index contributed by atoms with van der Waals surface area (Å²) in [5.74, 6) is 5.28. The van der Waals surface area contributed by atoms with Crippen molar-refractivity contribution in [1.29, 1.82) is 0 Å². The van der Waals surface area contributed by atoms with Crippen LogP contribution in [0.2, 0.25) is 0 Å². The number of hydrogen-bond acceptors (Lipinski definition) is 7. The molecule has 0 saturated carbocycles. The zero-order chi connectivity index (χ0) is 14.1. The molecule has 102 valence electrons. The molecule has 2 heterocycles. The number of nitrogen functional groups attached to an aromatic ring is 1. The van der Waals surface area contributed by atoms with Crippen molar-refractivity contribution in [2.75, 3.05) is 5.43 Å². The van der Waals surface area contributed by atoms with E-state index in [1.54, 1.807) is 23.1 Å². The Morgan fingerprint density at radius 1 is 1.45 bits per heavy atom. The predicted octanol–water partition coefficient (Wildman–Crippen LogP) is 1.73. The molecule has 3 aromatic rings. The van der Waals surface area contributed by atoms with Gasteiger partial charge in [0.15, 0.2) is 5.13 Å². The summed E-state index contributed by atoms with van der Waals surface area (Å²) in [5, 5.41) is 16.5. The molecule has 0 fully saturated rings. The summed E-state index contributed by atoms with van der Waals surface area (Å²) >= 11 is 1.41. The van der Waals surface area contributed by atoms with E-state index in [0.29, 0.717) is 11.7 Å². The van der Waals surface area contributed by atoms with Crippen molar-refractivity contribution in [2.45, 2.75) is 6.54 Å². The molecule has 0 aliphatic heterocycles. The Balaban J connectivity index is 1.98. The lowest BCUT2D eigenvalue weighted by molar-refractivity contribution is -0.384. The number of hydrazine groups is 1. The van der Waals surface area contributed by atoms with Crippen LogP contribution in [-0.4, -0.2) is 19.7 Å². The number of fused-ring (bicyclic) bond motifs is 1. The van der Waals surface area contributed by atoms with Gasteiger partial charge < -0.3 is 0 Å². The standard InChI is InChI=1S/C11H10N6O2S/c12-15-11-13-5-9(20-11)6-16-10-3-8(17(18)19)2-1-7(10)4-14-16/h1-5H,6,12H2,(H,13,15). The largest absolute Gasteiger partial charge is 0.300 e. The fraction of sp³-hybridized carbons (Fsp3) is 0.0909. The van der Waals surface area contributed by atoms with Crippen LogP contribution in [0, 0.1) is 10.1 Å². The van der Waals surface area contributed by atoms with E-state index in [4.69, 9.17) is 5.84 Å². The van der Waals surface area contributed by atoms with E-state index in [-0.39, 0.29) is 5.69 Å². The fourth-order valence-corrected chi connectivity index (χ4v) is 2.60. The van der Waals surface area contributed by atoms with Crippen LogP contribution in [0.1, 0.15) is 4.88 Å². The van der Waals surface area contributed by atoms with Gasteiger partial charge in [0, 0.05) is 28.6 Å². The zero-order valence-corrected chi connectivity index (χ0v) is 11.0. The monoisotopic (exact) mass is 290 g/mol. The number of nitrogens with two attached hydrogens (primary N) is 1. The Kier molecular flexibility index (Phi) is 3.05. The number of nitro benzene ring substituents is 1. The molecule has 3 N–H and O–H groups in total. The number of hydrogen-bond donors (Lipinski definition) is 2. The second-order valence-electron chi connectivity index (χ2n) is 4.08. The van der Waals surface area contributed by atoms with Crippen molar-refractivity contribution in [3.8, 4) is 0 Å². The van der Waals surface area contributed by atoms with Gasteiger partial charge in [-0.1, -0.05) is 11.3 Å². The summed E-state index contributed by atoms with van der Waals surface area (Å²) in [6.45, 7) is 0.490. The van der Waals surface area contributed by atoms with Crippen LogP contribution >= 0.6 is 11.3 Å². The van der Waals surface area contributed by atoms with E-state index in [2.05, 4.69) is 15.5 Å². The Labute approximate surface area is 117 Å². The average molecular weight is 290 g/mol. The number of rotatable bonds is 4. The van der Waals surface area contributed by atoms with Gasteiger partial charge in [0.25, 0.3) is 5.69 Å². The van der Waals surface area contributed by atoms with Crippen molar-refractivity contribution >= 4 is 33.1 Å². The fourth-order valence-electron chi connectivity index (χ4n) is 1.89. The number of nitro groups is 1. The van der Waals surface area contributed by atoms with Crippen LogP contribution in [-0.2, 0) is 6.54 Å². The summed E-state index contributed by atoms with van der Waals surface area (Å²) in [6, 6.07) is 4.68. The minimum atomic E-state index is -0.417. The Bertz CT molecular complexity index is 780. The zero-order valence-electron chi connectivity index (χ0n) is 10.2. The van der Waals surface area contributed by atoms with Crippen molar-refractivity contribution in [3.05, 3.63) is 45.6 Å². The molecule has 8 nitrogen and oxygen atoms in total. The molecule has 9 heteroatoms. The predicted molar refractivity (Wildman–Crippen MR) is 75.4 cm³/mol. The van der Waals surface area contributed by atoms with Crippen LogP contribution in [0.4, 0.5) is 10.8 Å². The summed E-state index contributed by atoms with van der Waals surface area (Å²) in [4.78, 5) is 15.4. The minimum Gasteiger partial charge on any atom is -0.300 e. The Morgan fingerprint density at radius 2 is 2.30 bits per heavy atom. The molecular weight excluding hydrogens is 280 g/mol. The normalized spacial score (nSPS) is 10.8. The topological polar surface area (TPSA) is 112 Å². The third kappa shape index (κ3) is 2.19. The highest BCUT2D eigenvalue weighted by molar-refractivity contribution is 7.15. The van der Waals surface area contributed by atoms with Gasteiger partial charge in [0.1, 0.15) is 0 Å². The number of nitrogens with one attached hydrogen (secondary N) is 1. The summed E-state index contributed by atoms with van der Waals surface area (Å²) < 4.78 is 1.70. The lowest BCUT2D eigenvalue weighted by Gasteiger charge is -2.00. The van der Waals surface area contributed by atoms with E-state index in [1.807, 2.05) is 0 Å². The molecule has 0 aliphatic rings. The molecule has 3 rings (SSSR count). The smallest absolute Gasteiger partial charge is 0.271 e. The van der Waals surface area contributed by atoms with Gasteiger partial charge in [-0.05, 0) is 6.07 Å². The van der Waals surface area contributed by atoms with Gasteiger partial charge in [-0.3, -0.25) is 20.2 Å². The van der Waals surface area contributed by atoms with Crippen LogP contribution in [0.5, 0.6) is 0 Å². The third-order valence-electron chi connectivity index (χ3n) is 2.82. The number of non-ortho nitro benzene ring substituents is 1. The average Bonchev–Trinajstić information content (AvgIpc) is 3.06. The van der Waals surface area contributed by atoms with E-state index in [0.717, 1.165) is 15.8 Å². The number of aromatic nitrogens is 3. The highest BCUT2D eigenvalue weighted by Gasteiger charge is 2.11. The molecule has 20 heavy (non-hydrogen) atoms. The lowest BCUT2D eigenvalue weighted by Crippen LogP contribution is -2.05. The second-order valence-corrected chi connectivity index (χ2v) is 5.19. The van der Waals surface area contributed by atoms with Crippen LogP contribution < -0.4 is 11.3 Å². The van der Waals surface area contributed by atoms with Gasteiger partial charge in [-0.25, -0.2) is 10.8 Å². The summed E-state index contributed by atoms with van der Waals surface area (Å²) in [7, 11) is 0. The highest BCUT2D eigenvalue weighted by atomic mass is 32.1.